The number of hydrogen-bond acceptors (Lipinski definition) is 4. The summed E-state index contributed by atoms with van der Waals surface area (Å²) in [5, 5.41) is 8.55. The molecule has 148 valence electrons. The third kappa shape index (κ3) is 4.08. The first-order chi connectivity index (χ1) is 13.5. The molecule has 1 fully saturated rings. The molecule has 0 aromatic carbocycles. The Morgan fingerprint density at radius 2 is 2.11 bits per heavy atom. The Morgan fingerprint density at radius 1 is 1.25 bits per heavy atom. The van der Waals surface area contributed by atoms with E-state index in [-0.39, 0.29) is 5.91 Å². The predicted molar refractivity (Wildman–Crippen MR) is 107 cm³/mol. The minimum absolute atomic E-state index is 0.0186. The number of imidazole rings is 1. The number of pyridine rings is 1. The highest BCUT2D eigenvalue weighted by Crippen LogP contribution is 2.20. The van der Waals surface area contributed by atoms with E-state index < -0.39 is 0 Å². The molecule has 0 N–H and O–H groups in total. The molecule has 4 rings (SSSR count). The third-order valence-corrected chi connectivity index (χ3v) is 5.27. The number of likely N-dealkylation sites (tertiary alicyclic amines) is 1. The number of aryl methyl sites for hydroxylation is 1. The van der Waals surface area contributed by atoms with Crippen molar-refractivity contribution < 1.29 is 4.79 Å². The molecule has 1 aliphatic heterocycles. The fraction of sp³-hybridized carbons (Fsp3) is 0.524. The van der Waals surface area contributed by atoms with Crippen molar-refractivity contribution in [2.24, 2.45) is 11.8 Å². The van der Waals surface area contributed by atoms with Gasteiger partial charge in [0.2, 0.25) is 0 Å². The molecule has 0 bridgehead atoms. The van der Waals surface area contributed by atoms with E-state index in [2.05, 4.69) is 29.1 Å². The van der Waals surface area contributed by atoms with Gasteiger partial charge in [-0.2, -0.15) is 0 Å². The van der Waals surface area contributed by atoms with E-state index in [0.717, 1.165) is 55.8 Å². The Kier molecular flexibility index (Phi) is 5.15. The van der Waals surface area contributed by atoms with Crippen LogP contribution in [0.15, 0.2) is 30.7 Å². The SMILES string of the molecule is Cc1ccc2nc(C(=O)N3CCC[C@H](Cn4cc(CC(C)C)nn4)C3)cn2c1. The van der Waals surface area contributed by atoms with E-state index in [0.29, 0.717) is 17.5 Å². The smallest absolute Gasteiger partial charge is 0.274 e. The molecule has 1 amide bonds. The van der Waals surface area contributed by atoms with Crippen LogP contribution in [0.1, 0.15) is 48.4 Å². The number of fused-ring (bicyclic) bond motifs is 1. The summed E-state index contributed by atoms with van der Waals surface area (Å²) < 4.78 is 3.86. The molecule has 0 saturated carbocycles. The van der Waals surface area contributed by atoms with Crippen LogP contribution in [-0.4, -0.2) is 48.3 Å². The molecule has 0 radical (unpaired) electrons. The van der Waals surface area contributed by atoms with E-state index in [9.17, 15) is 4.79 Å². The van der Waals surface area contributed by atoms with Crippen LogP contribution >= 0.6 is 0 Å². The van der Waals surface area contributed by atoms with E-state index in [1.807, 2.05) is 51.6 Å². The lowest BCUT2D eigenvalue weighted by molar-refractivity contribution is 0.0654. The van der Waals surface area contributed by atoms with Crippen LogP contribution in [0.25, 0.3) is 5.65 Å². The first-order valence-electron chi connectivity index (χ1n) is 10.1. The number of nitrogens with zero attached hydrogens (tertiary/aromatic N) is 6. The van der Waals surface area contributed by atoms with E-state index in [1.54, 1.807) is 0 Å². The molecule has 3 aromatic rings. The molecule has 3 aromatic heterocycles. The van der Waals surface area contributed by atoms with Crippen LogP contribution in [-0.2, 0) is 13.0 Å². The van der Waals surface area contributed by atoms with Crippen molar-refractivity contribution in [3.8, 4) is 0 Å². The summed E-state index contributed by atoms with van der Waals surface area (Å²) in [6.07, 6.45) is 8.94. The molecule has 0 spiro atoms. The van der Waals surface area contributed by atoms with Crippen molar-refractivity contribution in [1.29, 1.82) is 0 Å². The first-order valence-corrected chi connectivity index (χ1v) is 10.1. The Labute approximate surface area is 165 Å². The highest BCUT2D eigenvalue weighted by molar-refractivity contribution is 5.93. The number of carbonyl (C=O) groups excluding carboxylic acids is 1. The van der Waals surface area contributed by atoms with Crippen molar-refractivity contribution >= 4 is 11.6 Å². The first kappa shape index (κ1) is 18.7. The molecule has 7 nitrogen and oxygen atoms in total. The van der Waals surface area contributed by atoms with Gasteiger partial charge in [0.05, 0.1) is 5.69 Å². The lowest BCUT2D eigenvalue weighted by Crippen LogP contribution is -2.41. The van der Waals surface area contributed by atoms with Crippen molar-refractivity contribution in [3.05, 3.63) is 47.7 Å². The van der Waals surface area contributed by atoms with Gasteiger partial charge in [-0.3, -0.25) is 9.48 Å². The topological polar surface area (TPSA) is 68.3 Å². The zero-order valence-electron chi connectivity index (χ0n) is 16.9. The van der Waals surface area contributed by atoms with Gasteiger partial charge in [0.1, 0.15) is 11.3 Å². The van der Waals surface area contributed by atoms with Gasteiger partial charge >= 0.3 is 0 Å². The highest BCUT2D eigenvalue weighted by atomic mass is 16.2. The highest BCUT2D eigenvalue weighted by Gasteiger charge is 2.26. The lowest BCUT2D eigenvalue weighted by Gasteiger charge is -2.32. The second kappa shape index (κ2) is 7.73. The number of piperidine rings is 1. The van der Waals surface area contributed by atoms with Gasteiger partial charge in [0.15, 0.2) is 0 Å². The summed E-state index contributed by atoms with van der Waals surface area (Å²) in [4.78, 5) is 19.4. The van der Waals surface area contributed by atoms with Gasteiger partial charge < -0.3 is 9.30 Å². The van der Waals surface area contributed by atoms with E-state index in [1.165, 1.54) is 0 Å². The van der Waals surface area contributed by atoms with Crippen LogP contribution in [0.2, 0.25) is 0 Å². The number of aromatic nitrogens is 5. The summed E-state index contributed by atoms with van der Waals surface area (Å²) in [6.45, 7) is 8.74. The molecule has 0 unspecified atom stereocenters. The lowest BCUT2D eigenvalue weighted by atomic mass is 9.98. The van der Waals surface area contributed by atoms with E-state index >= 15 is 0 Å². The van der Waals surface area contributed by atoms with Crippen molar-refractivity contribution in [1.82, 2.24) is 29.3 Å². The zero-order chi connectivity index (χ0) is 19.7. The molecule has 1 aliphatic rings. The predicted octanol–water partition coefficient (Wildman–Crippen LogP) is 2.99. The van der Waals surface area contributed by atoms with Gasteiger partial charge in [-0.1, -0.05) is 25.1 Å². The molecule has 7 heteroatoms. The summed E-state index contributed by atoms with van der Waals surface area (Å²) in [5.74, 6) is 0.984. The summed E-state index contributed by atoms with van der Waals surface area (Å²) in [5.41, 5.74) is 3.51. The standard InChI is InChI=1S/C21H28N6O/c1-15(2)9-18-13-27(24-23-18)12-17-5-4-8-25(11-17)21(28)19-14-26-10-16(3)6-7-20(26)22-19/h6-7,10,13-15,17H,4-5,8-9,11-12H2,1-3H3/t17-/m0/s1. The monoisotopic (exact) mass is 380 g/mol. The second-order valence-corrected chi connectivity index (χ2v) is 8.39. The largest absolute Gasteiger partial charge is 0.337 e. The van der Waals surface area contributed by atoms with Crippen LogP contribution in [0.4, 0.5) is 0 Å². The summed E-state index contributed by atoms with van der Waals surface area (Å²) in [7, 11) is 0. The van der Waals surface area contributed by atoms with Gasteiger partial charge in [0, 0.05) is 38.2 Å². The quantitative estimate of drug-likeness (QED) is 0.682. The molecule has 0 aliphatic carbocycles. The normalized spacial score (nSPS) is 17.6. The van der Waals surface area contributed by atoms with Crippen LogP contribution in [0.3, 0.4) is 0 Å². The number of rotatable bonds is 5. The maximum atomic E-state index is 13.0. The summed E-state index contributed by atoms with van der Waals surface area (Å²) in [6, 6.07) is 3.96. The third-order valence-electron chi connectivity index (χ3n) is 5.27. The fourth-order valence-corrected chi connectivity index (χ4v) is 3.97. The minimum Gasteiger partial charge on any atom is -0.337 e. The number of carbonyl (C=O) groups is 1. The molecule has 1 saturated heterocycles. The molecule has 4 heterocycles. The average molecular weight is 380 g/mol. The average Bonchev–Trinajstić information content (AvgIpc) is 3.27. The number of amides is 1. The number of hydrogen-bond donors (Lipinski definition) is 0. The van der Waals surface area contributed by atoms with Crippen molar-refractivity contribution in [3.63, 3.8) is 0 Å². The Bertz CT molecular complexity index is 972. The van der Waals surface area contributed by atoms with Crippen LogP contribution in [0.5, 0.6) is 0 Å². The Hall–Kier alpha value is -2.70. The van der Waals surface area contributed by atoms with Gasteiger partial charge in [-0.25, -0.2) is 4.98 Å². The van der Waals surface area contributed by atoms with Gasteiger partial charge in [-0.05, 0) is 49.7 Å². The Balaban J connectivity index is 1.42. The van der Waals surface area contributed by atoms with E-state index in [4.69, 9.17) is 0 Å². The van der Waals surface area contributed by atoms with Crippen molar-refractivity contribution in [2.45, 2.75) is 46.6 Å². The molecule has 28 heavy (non-hydrogen) atoms. The van der Waals surface area contributed by atoms with Crippen LogP contribution < -0.4 is 0 Å². The Morgan fingerprint density at radius 3 is 2.93 bits per heavy atom. The molecular weight excluding hydrogens is 352 g/mol. The van der Waals surface area contributed by atoms with Crippen LogP contribution in [0, 0.1) is 18.8 Å². The molecular formula is C21H28N6O. The summed E-state index contributed by atoms with van der Waals surface area (Å²) >= 11 is 0. The maximum absolute atomic E-state index is 13.0. The minimum atomic E-state index is 0.0186. The van der Waals surface area contributed by atoms with Crippen molar-refractivity contribution in [2.75, 3.05) is 13.1 Å². The zero-order valence-corrected chi connectivity index (χ0v) is 16.9. The maximum Gasteiger partial charge on any atom is 0.274 e. The fourth-order valence-electron chi connectivity index (χ4n) is 3.97. The van der Waals surface area contributed by atoms with Gasteiger partial charge in [-0.15, -0.1) is 5.10 Å². The van der Waals surface area contributed by atoms with Gasteiger partial charge in [0.25, 0.3) is 5.91 Å². The molecule has 1 atom stereocenters. The second-order valence-electron chi connectivity index (χ2n) is 8.39.